The normalized spacial score (nSPS) is 17.3. The Bertz CT molecular complexity index is 235. The molecule has 1 rings (SSSR count). The maximum atomic E-state index is 11.5. The molecule has 0 spiro atoms. The van der Waals surface area contributed by atoms with Gasteiger partial charge in [0.2, 0.25) is 5.91 Å². The molecule has 0 aromatic heterocycles. The van der Waals surface area contributed by atoms with Crippen LogP contribution in [0, 0.1) is 5.92 Å². The SMILES string of the molecule is CCNC(=O)N1CCC(C(=O)NC)CC1. The molecule has 86 valence electrons. The van der Waals surface area contributed by atoms with Crippen molar-refractivity contribution >= 4 is 11.9 Å². The zero-order valence-corrected chi connectivity index (χ0v) is 9.38. The van der Waals surface area contributed by atoms with E-state index < -0.39 is 0 Å². The molecule has 0 bridgehead atoms. The fraction of sp³-hybridized carbons (Fsp3) is 0.800. The Labute approximate surface area is 90.2 Å². The molecule has 0 radical (unpaired) electrons. The van der Waals surface area contributed by atoms with Gasteiger partial charge in [0.15, 0.2) is 0 Å². The van der Waals surface area contributed by atoms with E-state index in [4.69, 9.17) is 0 Å². The molecule has 0 aromatic carbocycles. The Balaban J connectivity index is 2.35. The first kappa shape index (κ1) is 11.8. The number of carbonyl (C=O) groups is 2. The Kier molecular flexibility index (Phi) is 4.39. The fourth-order valence-corrected chi connectivity index (χ4v) is 1.81. The van der Waals surface area contributed by atoms with Crippen molar-refractivity contribution in [3.63, 3.8) is 0 Å². The van der Waals surface area contributed by atoms with Crippen LogP contribution in [-0.4, -0.2) is 43.5 Å². The van der Waals surface area contributed by atoms with Gasteiger partial charge >= 0.3 is 6.03 Å². The van der Waals surface area contributed by atoms with Crippen molar-refractivity contribution in [1.29, 1.82) is 0 Å². The van der Waals surface area contributed by atoms with Gasteiger partial charge in [0, 0.05) is 32.6 Å². The minimum Gasteiger partial charge on any atom is -0.359 e. The van der Waals surface area contributed by atoms with Gasteiger partial charge < -0.3 is 15.5 Å². The van der Waals surface area contributed by atoms with Gasteiger partial charge in [-0.25, -0.2) is 4.79 Å². The van der Waals surface area contributed by atoms with Crippen LogP contribution in [0.1, 0.15) is 19.8 Å². The first-order valence-corrected chi connectivity index (χ1v) is 5.43. The van der Waals surface area contributed by atoms with E-state index in [1.54, 1.807) is 11.9 Å². The van der Waals surface area contributed by atoms with Crippen LogP contribution in [0.5, 0.6) is 0 Å². The first-order valence-electron chi connectivity index (χ1n) is 5.43. The summed E-state index contributed by atoms with van der Waals surface area (Å²) in [7, 11) is 1.65. The van der Waals surface area contributed by atoms with E-state index in [1.165, 1.54) is 0 Å². The third kappa shape index (κ3) is 3.11. The molecule has 3 amide bonds. The van der Waals surface area contributed by atoms with E-state index in [0.29, 0.717) is 19.6 Å². The molecule has 1 saturated heterocycles. The molecule has 1 aliphatic rings. The van der Waals surface area contributed by atoms with E-state index in [-0.39, 0.29) is 17.9 Å². The molecular formula is C10H19N3O2. The number of piperidine rings is 1. The van der Waals surface area contributed by atoms with E-state index in [9.17, 15) is 9.59 Å². The minimum atomic E-state index is -0.0205. The van der Waals surface area contributed by atoms with Crippen molar-refractivity contribution in [1.82, 2.24) is 15.5 Å². The molecule has 1 heterocycles. The molecule has 0 saturated carbocycles. The van der Waals surface area contributed by atoms with Crippen molar-refractivity contribution in [2.75, 3.05) is 26.7 Å². The summed E-state index contributed by atoms with van der Waals surface area (Å²) in [5.41, 5.74) is 0. The van der Waals surface area contributed by atoms with Crippen molar-refractivity contribution in [2.45, 2.75) is 19.8 Å². The number of carbonyl (C=O) groups excluding carboxylic acids is 2. The number of urea groups is 1. The smallest absolute Gasteiger partial charge is 0.317 e. The predicted octanol–water partition coefficient (Wildman–Crippen LogP) is 0.174. The molecule has 0 aliphatic carbocycles. The number of rotatable bonds is 2. The van der Waals surface area contributed by atoms with Crippen LogP contribution in [-0.2, 0) is 4.79 Å². The number of likely N-dealkylation sites (tertiary alicyclic amines) is 1. The third-order valence-corrected chi connectivity index (χ3v) is 2.73. The lowest BCUT2D eigenvalue weighted by atomic mass is 9.96. The summed E-state index contributed by atoms with van der Waals surface area (Å²) in [5.74, 6) is 0.159. The van der Waals surface area contributed by atoms with Gasteiger partial charge in [0.25, 0.3) is 0 Å². The largest absolute Gasteiger partial charge is 0.359 e. The summed E-state index contributed by atoms with van der Waals surface area (Å²) in [6.07, 6.45) is 1.52. The average Bonchev–Trinajstić information content (AvgIpc) is 2.28. The summed E-state index contributed by atoms with van der Waals surface area (Å²) >= 11 is 0. The quantitative estimate of drug-likeness (QED) is 0.687. The monoisotopic (exact) mass is 213 g/mol. The Morgan fingerprint density at radius 1 is 1.33 bits per heavy atom. The maximum Gasteiger partial charge on any atom is 0.317 e. The average molecular weight is 213 g/mol. The van der Waals surface area contributed by atoms with E-state index in [0.717, 1.165) is 12.8 Å². The van der Waals surface area contributed by atoms with Crippen molar-refractivity contribution < 1.29 is 9.59 Å². The van der Waals surface area contributed by atoms with Crippen LogP contribution in [0.4, 0.5) is 4.79 Å². The zero-order valence-electron chi connectivity index (χ0n) is 9.38. The highest BCUT2D eigenvalue weighted by Gasteiger charge is 2.26. The molecule has 2 N–H and O–H groups in total. The third-order valence-electron chi connectivity index (χ3n) is 2.73. The lowest BCUT2D eigenvalue weighted by Crippen LogP contribution is -2.46. The summed E-state index contributed by atoms with van der Waals surface area (Å²) in [6.45, 7) is 3.89. The second-order valence-electron chi connectivity index (χ2n) is 3.71. The Hall–Kier alpha value is -1.26. The topological polar surface area (TPSA) is 61.4 Å². The Morgan fingerprint density at radius 2 is 1.93 bits per heavy atom. The Morgan fingerprint density at radius 3 is 2.40 bits per heavy atom. The highest BCUT2D eigenvalue weighted by molar-refractivity contribution is 5.79. The highest BCUT2D eigenvalue weighted by atomic mass is 16.2. The maximum absolute atomic E-state index is 11.5. The molecule has 1 aliphatic heterocycles. The van der Waals surface area contributed by atoms with Crippen molar-refractivity contribution in [3.05, 3.63) is 0 Å². The van der Waals surface area contributed by atoms with Crippen LogP contribution < -0.4 is 10.6 Å². The number of nitrogens with zero attached hydrogens (tertiary/aromatic N) is 1. The molecule has 5 nitrogen and oxygen atoms in total. The molecule has 1 fully saturated rings. The summed E-state index contributed by atoms with van der Waals surface area (Å²) < 4.78 is 0. The molecule has 0 atom stereocenters. The van der Waals surface area contributed by atoms with Crippen LogP contribution in [0.3, 0.4) is 0 Å². The van der Waals surface area contributed by atoms with Gasteiger partial charge in [-0.1, -0.05) is 0 Å². The summed E-state index contributed by atoms with van der Waals surface area (Å²) in [6, 6.07) is -0.0205. The van der Waals surface area contributed by atoms with Gasteiger partial charge in [0.1, 0.15) is 0 Å². The van der Waals surface area contributed by atoms with Crippen molar-refractivity contribution in [2.24, 2.45) is 5.92 Å². The zero-order chi connectivity index (χ0) is 11.3. The van der Waals surface area contributed by atoms with E-state index in [1.807, 2.05) is 6.92 Å². The fourth-order valence-electron chi connectivity index (χ4n) is 1.81. The molecule has 0 aromatic rings. The molecule has 5 heteroatoms. The standard InChI is InChI=1S/C10H19N3O2/c1-3-12-10(15)13-6-4-8(5-7-13)9(14)11-2/h8H,3-7H2,1-2H3,(H,11,14)(H,12,15). The second-order valence-corrected chi connectivity index (χ2v) is 3.71. The number of nitrogens with one attached hydrogen (secondary N) is 2. The van der Waals surface area contributed by atoms with E-state index in [2.05, 4.69) is 10.6 Å². The van der Waals surface area contributed by atoms with Crippen LogP contribution >= 0.6 is 0 Å². The number of amides is 3. The van der Waals surface area contributed by atoms with Crippen LogP contribution in [0.15, 0.2) is 0 Å². The minimum absolute atomic E-state index is 0.0205. The molecule has 15 heavy (non-hydrogen) atoms. The van der Waals surface area contributed by atoms with Crippen LogP contribution in [0.25, 0.3) is 0 Å². The second kappa shape index (κ2) is 5.58. The van der Waals surface area contributed by atoms with Gasteiger partial charge in [0.05, 0.1) is 0 Å². The van der Waals surface area contributed by atoms with E-state index >= 15 is 0 Å². The van der Waals surface area contributed by atoms with Gasteiger partial charge in [-0.15, -0.1) is 0 Å². The lowest BCUT2D eigenvalue weighted by Gasteiger charge is -2.30. The highest BCUT2D eigenvalue weighted by Crippen LogP contribution is 2.16. The van der Waals surface area contributed by atoms with Gasteiger partial charge in [-0.2, -0.15) is 0 Å². The van der Waals surface area contributed by atoms with Gasteiger partial charge in [-0.3, -0.25) is 4.79 Å². The number of hydrogen-bond donors (Lipinski definition) is 2. The number of hydrogen-bond acceptors (Lipinski definition) is 2. The van der Waals surface area contributed by atoms with Crippen molar-refractivity contribution in [3.8, 4) is 0 Å². The molecule has 0 unspecified atom stereocenters. The molecular weight excluding hydrogens is 194 g/mol. The predicted molar refractivity (Wildman–Crippen MR) is 57.4 cm³/mol. The summed E-state index contributed by atoms with van der Waals surface area (Å²) in [4.78, 5) is 24.6. The van der Waals surface area contributed by atoms with Crippen LogP contribution in [0.2, 0.25) is 0 Å². The van der Waals surface area contributed by atoms with Gasteiger partial charge in [-0.05, 0) is 19.8 Å². The first-order chi connectivity index (χ1) is 7.19. The summed E-state index contributed by atoms with van der Waals surface area (Å²) in [5, 5.41) is 5.41. The lowest BCUT2D eigenvalue weighted by molar-refractivity contribution is -0.125.